The molecule has 1 aliphatic heterocycles. The Morgan fingerprint density at radius 2 is 2.47 bits per heavy atom. The number of hydrogen-bond acceptors (Lipinski definition) is 4. The van der Waals surface area contributed by atoms with Gasteiger partial charge in [-0.05, 0) is 18.6 Å². The van der Waals surface area contributed by atoms with Gasteiger partial charge in [-0.2, -0.15) is 11.8 Å². The number of nitrogens with one attached hydrogen (secondary N) is 1. The van der Waals surface area contributed by atoms with Gasteiger partial charge in [0.05, 0.1) is 0 Å². The molecule has 0 bridgehead atoms. The minimum Gasteiger partial charge on any atom is -0.409 e. The topological polar surface area (TPSA) is 70.6 Å². The first-order valence-corrected chi connectivity index (χ1v) is 6.58. The molecule has 0 aliphatic carbocycles. The Balaban J connectivity index is 2.09. The molecule has 2 unspecified atom stereocenters. The SMILES string of the molecule is CC(CNCC1CCCCS1)C(N)=NO. The van der Waals surface area contributed by atoms with Gasteiger partial charge in [0.2, 0.25) is 0 Å². The predicted molar refractivity (Wildman–Crippen MR) is 65.5 cm³/mol. The van der Waals surface area contributed by atoms with Gasteiger partial charge in [-0.15, -0.1) is 0 Å². The summed E-state index contributed by atoms with van der Waals surface area (Å²) in [7, 11) is 0. The van der Waals surface area contributed by atoms with Crippen molar-refractivity contribution in [2.45, 2.75) is 31.4 Å². The van der Waals surface area contributed by atoms with E-state index >= 15 is 0 Å². The number of oxime groups is 1. The average molecular weight is 231 g/mol. The van der Waals surface area contributed by atoms with Crippen LogP contribution in [0.1, 0.15) is 26.2 Å². The van der Waals surface area contributed by atoms with Gasteiger partial charge in [0.1, 0.15) is 5.84 Å². The van der Waals surface area contributed by atoms with Crippen LogP contribution in [0, 0.1) is 5.92 Å². The number of hydrogen-bond donors (Lipinski definition) is 3. The van der Waals surface area contributed by atoms with Gasteiger partial charge < -0.3 is 16.3 Å². The zero-order chi connectivity index (χ0) is 11.1. The van der Waals surface area contributed by atoms with Gasteiger partial charge in [0, 0.05) is 24.3 Å². The third-order valence-electron chi connectivity index (χ3n) is 2.72. The maximum atomic E-state index is 8.48. The fourth-order valence-electron chi connectivity index (χ4n) is 1.63. The van der Waals surface area contributed by atoms with Crippen LogP contribution in [0.5, 0.6) is 0 Å². The standard InChI is InChI=1S/C10H21N3OS/c1-8(10(11)13-14)6-12-7-9-4-2-3-5-15-9/h8-9,12,14H,2-7H2,1H3,(H2,11,13). The minimum atomic E-state index is 0.101. The number of nitrogens with two attached hydrogens (primary N) is 1. The molecule has 4 nitrogen and oxygen atoms in total. The van der Waals surface area contributed by atoms with Crippen LogP contribution in [0.4, 0.5) is 0 Å². The molecule has 15 heavy (non-hydrogen) atoms. The summed E-state index contributed by atoms with van der Waals surface area (Å²) in [4.78, 5) is 0. The van der Waals surface area contributed by atoms with Crippen LogP contribution in [0.3, 0.4) is 0 Å². The Bertz CT molecular complexity index is 205. The zero-order valence-electron chi connectivity index (χ0n) is 9.28. The lowest BCUT2D eigenvalue weighted by atomic mass is 10.1. The highest BCUT2D eigenvalue weighted by Gasteiger charge is 2.14. The van der Waals surface area contributed by atoms with E-state index in [0.29, 0.717) is 5.84 Å². The summed E-state index contributed by atoms with van der Waals surface area (Å²) in [5.41, 5.74) is 5.49. The van der Waals surface area contributed by atoms with Crippen molar-refractivity contribution in [2.75, 3.05) is 18.8 Å². The van der Waals surface area contributed by atoms with Crippen molar-refractivity contribution in [3.05, 3.63) is 0 Å². The van der Waals surface area contributed by atoms with E-state index in [2.05, 4.69) is 22.2 Å². The van der Waals surface area contributed by atoms with Gasteiger partial charge >= 0.3 is 0 Å². The van der Waals surface area contributed by atoms with Crippen LogP contribution in [-0.2, 0) is 0 Å². The number of thioether (sulfide) groups is 1. The Hall–Kier alpha value is -0.420. The predicted octanol–water partition coefficient (Wildman–Crippen LogP) is 1.24. The maximum absolute atomic E-state index is 8.48. The van der Waals surface area contributed by atoms with Crippen molar-refractivity contribution < 1.29 is 5.21 Å². The average Bonchev–Trinajstić information content (AvgIpc) is 2.29. The zero-order valence-corrected chi connectivity index (χ0v) is 10.1. The Kier molecular flexibility index (Phi) is 5.86. The summed E-state index contributed by atoms with van der Waals surface area (Å²) in [6, 6.07) is 0. The van der Waals surface area contributed by atoms with Crippen molar-refractivity contribution in [2.24, 2.45) is 16.8 Å². The molecule has 1 saturated heterocycles. The van der Waals surface area contributed by atoms with Crippen LogP contribution >= 0.6 is 11.8 Å². The molecule has 0 aromatic heterocycles. The van der Waals surface area contributed by atoms with Crippen molar-refractivity contribution in [1.82, 2.24) is 5.32 Å². The second kappa shape index (κ2) is 6.95. The first-order chi connectivity index (χ1) is 7.24. The third kappa shape index (κ3) is 4.75. The highest BCUT2D eigenvalue weighted by molar-refractivity contribution is 7.99. The molecule has 0 amide bonds. The summed E-state index contributed by atoms with van der Waals surface area (Å²) in [5, 5.41) is 15.6. The van der Waals surface area contributed by atoms with E-state index in [0.717, 1.165) is 18.3 Å². The first kappa shape index (κ1) is 12.6. The van der Waals surface area contributed by atoms with E-state index in [9.17, 15) is 0 Å². The van der Waals surface area contributed by atoms with Crippen molar-refractivity contribution >= 4 is 17.6 Å². The smallest absolute Gasteiger partial charge is 0.143 e. The van der Waals surface area contributed by atoms with Crippen molar-refractivity contribution in [3.8, 4) is 0 Å². The quantitative estimate of drug-likeness (QED) is 0.288. The van der Waals surface area contributed by atoms with Gasteiger partial charge in [-0.3, -0.25) is 0 Å². The van der Waals surface area contributed by atoms with E-state index in [4.69, 9.17) is 10.9 Å². The fraction of sp³-hybridized carbons (Fsp3) is 0.900. The molecule has 0 aromatic carbocycles. The van der Waals surface area contributed by atoms with Crippen LogP contribution in [0.2, 0.25) is 0 Å². The van der Waals surface area contributed by atoms with Gasteiger partial charge in [-0.25, -0.2) is 0 Å². The molecule has 4 N–H and O–H groups in total. The van der Waals surface area contributed by atoms with Crippen LogP contribution in [0.15, 0.2) is 5.16 Å². The van der Waals surface area contributed by atoms with E-state index in [1.807, 2.05) is 6.92 Å². The Morgan fingerprint density at radius 1 is 1.67 bits per heavy atom. The molecule has 88 valence electrons. The maximum Gasteiger partial charge on any atom is 0.143 e. The molecule has 1 heterocycles. The molecular weight excluding hydrogens is 210 g/mol. The normalized spacial score (nSPS) is 25.1. The first-order valence-electron chi connectivity index (χ1n) is 5.53. The third-order valence-corrected chi connectivity index (χ3v) is 4.12. The number of rotatable bonds is 5. The lowest BCUT2D eigenvalue weighted by molar-refractivity contribution is 0.314. The van der Waals surface area contributed by atoms with Gasteiger partial charge in [0.15, 0.2) is 0 Å². The molecule has 5 heteroatoms. The van der Waals surface area contributed by atoms with Gasteiger partial charge in [0.25, 0.3) is 0 Å². The summed E-state index contributed by atoms with van der Waals surface area (Å²) in [5.74, 6) is 1.70. The van der Waals surface area contributed by atoms with Crippen LogP contribution < -0.4 is 11.1 Å². The van der Waals surface area contributed by atoms with E-state index < -0.39 is 0 Å². The highest BCUT2D eigenvalue weighted by atomic mass is 32.2. The fourth-order valence-corrected chi connectivity index (χ4v) is 2.91. The molecule has 0 aromatic rings. The molecule has 1 rings (SSSR count). The largest absolute Gasteiger partial charge is 0.409 e. The summed E-state index contributed by atoms with van der Waals surface area (Å²) in [6.07, 6.45) is 4.03. The van der Waals surface area contributed by atoms with E-state index in [1.54, 1.807) is 0 Å². The summed E-state index contributed by atoms with van der Waals surface area (Å²) < 4.78 is 0. The molecule has 0 saturated carbocycles. The van der Waals surface area contributed by atoms with Crippen LogP contribution in [0.25, 0.3) is 0 Å². The Morgan fingerprint density at radius 3 is 3.07 bits per heavy atom. The number of nitrogens with zero attached hydrogens (tertiary/aromatic N) is 1. The molecule has 2 atom stereocenters. The molecule has 1 aliphatic rings. The summed E-state index contributed by atoms with van der Waals surface area (Å²) in [6.45, 7) is 3.77. The lowest BCUT2D eigenvalue weighted by Crippen LogP contribution is -2.35. The monoisotopic (exact) mass is 231 g/mol. The van der Waals surface area contributed by atoms with E-state index in [-0.39, 0.29) is 5.92 Å². The molecule has 1 fully saturated rings. The van der Waals surface area contributed by atoms with Crippen molar-refractivity contribution in [3.63, 3.8) is 0 Å². The van der Waals surface area contributed by atoms with Gasteiger partial charge in [-0.1, -0.05) is 18.5 Å². The highest BCUT2D eigenvalue weighted by Crippen LogP contribution is 2.24. The van der Waals surface area contributed by atoms with Crippen molar-refractivity contribution in [1.29, 1.82) is 0 Å². The second-order valence-corrected chi connectivity index (χ2v) is 5.48. The lowest BCUT2D eigenvalue weighted by Gasteiger charge is -2.22. The summed E-state index contributed by atoms with van der Waals surface area (Å²) >= 11 is 2.06. The molecule has 0 radical (unpaired) electrons. The van der Waals surface area contributed by atoms with E-state index in [1.165, 1.54) is 25.0 Å². The molecule has 0 spiro atoms. The van der Waals surface area contributed by atoms with Crippen LogP contribution in [-0.4, -0.2) is 35.1 Å². The second-order valence-electron chi connectivity index (χ2n) is 4.07. The minimum absolute atomic E-state index is 0.101. The number of amidine groups is 1. The Labute approximate surface area is 95.7 Å². The molecular formula is C10H21N3OS.